The SMILES string of the molecule is CCCC/C=[C]\OCCC. The van der Waals surface area contributed by atoms with Crippen LogP contribution in [0.5, 0.6) is 0 Å². The van der Waals surface area contributed by atoms with Crippen molar-refractivity contribution >= 4 is 0 Å². The normalized spacial score (nSPS) is 10.6. The molecule has 0 atom stereocenters. The van der Waals surface area contributed by atoms with Crippen LogP contribution in [0.3, 0.4) is 0 Å². The van der Waals surface area contributed by atoms with Crippen LogP contribution in [0, 0.1) is 6.26 Å². The zero-order chi connectivity index (χ0) is 7.66. The van der Waals surface area contributed by atoms with Gasteiger partial charge in [0.2, 0.25) is 0 Å². The monoisotopic (exact) mass is 141 g/mol. The van der Waals surface area contributed by atoms with E-state index in [9.17, 15) is 0 Å². The van der Waals surface area contributed by atoms with E-state index in [1.165, 1.54) is 12.8 Å². The zero-order valence-electron chi connectivity index (χ0n) is 7.02. The van der Waals surface area contributed by atoms with Crippen molar-refractivity contribution in [1.29, 1.82) is 0 Å². The Kier molecular flexibility index (Phi) is 8.15. The highest BCUT2D eigenvalue weighted by molar-refractivity contribution is 4.66. The van der Waals surface area contributed by atoms with Crippen molar-refractivity contribution in [3.8, 4) is 0 Å². The van der Waals surface area contributed by atoms with E-state index in [0.29, 0.717) is 0 Å². The van der Waals surface area contributed by atoms with Gasteiger partial charge in [-0.1, -0.05) is 20.3 Å². The topological polar surface area (TPSA) is 9.23 Å². The Morgan fingerprint density at radius 3 is 2.70 bits per heavy atom. The summed E-state index contributed by atoms with van der Waals surface area (Å²) in [6, 6.07) is 0. The van der Waals surface area contributed by atoms with Gasteiger partial charge in [-0.3, -0.25) is 0 Å². The fraction of sp³-hybridized carbons (Fsp3) is 0.778. The first-order valence-electron chi connectivity index (χ1n) is 4.10. The standard InChI is InChI=1S/C9H17O/c1-3-5-6-7-9-10-8-4-2/h7H,3-6,8H2,1-2H3. The Morgan fingerprint density at radius 1 is 1.30 bits per heavy atom. The van der Waals surface area contributed by atoms with Crippen molar-refractivity contribution < 1.29 is 4.74 Å². The van der Waals surface area contributed by atoms with E-state index in [1.807, 2.05) is 6.08 Å². The van der Waals surface area contributed by atoms with Crippen molar-refractivity contribution in [3.05, 3.63) is 12.3 Å². The van der Waals surface area contributed by atoms with E-state index >= 15 is 0 Å². The highest BCUT2D eigenvalue weighted by Crippen LogP contribution is 1.94. The smallest absolute Gasteiger partial charge is 0.156 e. The molecular formula is C9H17O. The fourth-order valence-electron chi connectivity index (χ4n) is 0.585. The van der Waals surface area contributed by atoms with Gasteiger partial charge in [0.15, 0.2) is 6.26 Å². The molecule has 0 aliphatic rings. The average molecular weight is 141 g/mol. The van der Waals surface area contributed by atoms with Crippen molar-refractivity contribution in [3.63, 3.8) is 0 Å². The van der Waals surface area contributed by atoms with Gasteiger partial charge in [-0.15, -0.1) is 0 Å². The van der Waals surface area contributed by atoms with Gasteiger partial charge in [0.25, 0.3) is 0 Å². The molecule has 0 amide bonds. The predicted octanol–water partition coefficient (Wildman–Crippen LogP) is 2.92. The lowest BCUT2D eigenvalue weighted by Gasteiger charge is -1.93. The van der Waals surface area contributed by atoms with Crippen molar-refractivity contribution in [2.24, 2.45) is 0 Å². The van der Waals surface area contributed by atoms with Gasteiger partial charge >= 0.3 is 0 Å². The number of hydrogen-bond donors (Lipinski definition) is 0. The first kappa shape index (κ1) is 9.54. The van der Waals surface area contributed by atoms with Gasteiger partial charge in [-0.25, -0.2) is 0 Å². The Hall–Kier alpha value is -0.460. The van der Waals surface area contributed by atoms with Crippen LogP contribution in [0.25, 0.3) is 0 Å². The highest BCUT2D eigenvalue weighted by Gasteiger charge is 1.79. The third-order valence-corrected chi connectivity index (χ3v) is 1.17. The molecule has 0 saturated heterocycles. The van der Waals surface area contributed by atoms with Gasteiger partial charge in [-0.05, 0) is 25.3 Å². The molecule has 0 aromatic heterocycles. The fourth-order valence-corrected chi connectivity index (χ4v) is 0.585. The molecule has 0 rings (SSSR count). The molecule has 0 aromatic rings. The molecule has 1 nitrogen and oxygen atoms in total. The van der Waals surface area contributed by atoms with E-state index in [-0.39, 0.29) is 0 Å². The molecule has 0 aliphatic heterocycles. The van der Waals surface area contributed by atoms with E-state index in [0.717, 1.165) is 19.4 Å². The molecule has 1 radical (unpaired) electrons. The molecule has 10 heavy (non-hydrogen) atoms. The Bertz CT molecular complexity index is 66.8. The van der Waals surface area contributed by atoms with Gasteiger partial charge in [0.05, 0.1) is 6.61 Å². The number of unbranched alkanes of at least 4 members (excludes halogenated alkanes) is 2. The van der Waals surface area contributed by atoms with Crippen LogP contribution in [0.4, 0.5) is 0 Å². The second kappa shape index (κ2) is 8.54. The minimum Gasteiger partial charge on any atom is -0.490 e. The molecule has 0 unspecified atom stereocenters. The van der Waals surface area contributed by atoms with Crippen LogP contribution in [0.2, 0.25) is 0 Å². The summed E-state index contributed by atoms with van der Waals surface area (Å²) >= 11 is 0. The third kappa shape index (κ3) is 7.54. The lowest BCUT2D eigenvalue weighted by atomic mass is 10.2. The highest BCUT2D eigenvalue weighted by atomic mass is 16.5. The first-order valence-corrected chi connectivity index (χ1v) is 4.10. The predicted molar refractivity (Wildman–Crippen MR) is 43.6 cm³/mol. The van der Waals surface area contributed by atoms with Crippen molar-refractivity contribution in [2.45, 2.75) is 39.5 Å². The molecule has 0 saturated carbocycles. The average Bonchev–Trinajstić information content (AvgIpc) is 1.97. The summed E-state index contributed by atoms with van der Waals surface area (Å²) in [6.45, 7) is 5.07. The second-order valence-corrected chi connectivity index (χ2v) is 2.31. The number of rotatable bonds is 6. The summed E-state index contributed by atoms with van der Waals surface area (Å²) in [4.78, 5) is 0. The van der Waals surface area contributed by atoms with E-state index in [2.05, 4.69) is 20.1 Å². The van der Waals surface area contributed by atoms with Crippen molar-refractivity contribution in [2.75, 3.05) is 6.61 Å². The van der Waals surface area contributed by atoms with E-state index in [1.54, 1.807) is 0 Å². The van der Waals surface area contributed by atoms with Gasteiger partial charge in [-0.2, -0.15) is 0 Å². The molecule has 59 valence electrons. The molecule has 0 spiro atoms. The summed E-state index contributed by atoms with van der Waals surface area (Å²) in [5.74, 6) is 0. The van der Waals surface area contributed by atoms with Crippen LogP contribution in [-0.2, 0) is 4.74 Å². The van der Waals surface area contributed by atoms with E-state index in [4.69, 9.17) is 4.74 Å². The quantitative estimate of drug-likeness (QED) is 0.408. The molecule has 0 aromatic carbocycles. The van der Waals surface area contributed by atoms with Crippen LogP contribution < -0.4 is 0 Å². The minimum absolute atomic E-state index is 0.794. The lowest BCUT2D eigenvalue weighted by molar-refractivity contribution is 0.228. The van der Waals surface area contributed by atoms with E-state index < -0.39 is 0 Å². The minimum atomic E-state index is 0.794. The largest absolute Gasteiger partial charge is 0.490 e. The molecule has 1 heteroatoms. The zero-order valence-corrected chi connectivity index (χ0v) is 7.02. The molecule has 0 bridgehead atoms. The Labute approximate surface area is 64.1 Å². The maximum absolute atomic E-state index is 5.02. The van der Waals surface area contributed by atoms with Crippen LogP contribution in [-0.4, -0.2) is 6.61 Å². The van der Waals surface area contributed by atoms with Gasteiger partial charge in [0, 0.05) is 0 Å². The number of hydrogen-bond acceptors (Lipinski definition) is 1. The van der Waals surface area contributed by atoms with Crippen LogP contribution >= 0.6 is 0 Å². The summed E-state index contributed by atoms with van der Waals surface area (Å²) < 4.78 is 5.02. The maximum Gasteiger partial charge on any atom is 0.156 e. The number of allylic oxidation sites excluding steroid dienone is 1. The van der Waals surface area contributed by atoms with Gasteiger partial charge in [0.1, 0.15) is 0 Å². The van der Waals surface area contributed by atoms with Crippen LogP contribution in [0.15, 0.2) is 6.08 Å². The Morgan fingerprint density at radius 2 is 2.10 bits per heavy atom. The molecule has 0 aliphatic carbocycles. The summed E-state index contributed by atoms with van der Waals surface area (Å²) in [6.07, 6.45) is 9.41. The molecule has 0 N–H and O–H groups in total. The number of ether oxygens (including phenoxy) is 1. The Balaban J connectivity index is 2.89. The van der Waals surface area contributed by atoms with Crippen molar-refractivity contribution in [1.82, 2.24) is 0 Å². The molecule has 0 heterocycles. The first-order chi connectivity index (χ1) is 4.91. The third-order valence-electron chi connectivity index (χ3n) is 1.17. The molecular weight excluding hydrogens is 124 g/mol. The van der Waals surface area contributed by atoms with Crippen LogP contribution in [0.1, 0.15) is 39.5 Å². The maximum atomic E-state index is 5.02. The summed E-state index contributed by atoms with van der Waals surface area (Å²) in [5, 5.41) is 0. The second-order valence-electron chi connectivity index (χ2n) is 2.31. The molecule has 0 fully saturated rings. The summed E-state index contributed by atoms with van der Waals surface area (Å²) in [7, 11) is 0. The lowest BCUT2D eigenvalue weighted by Crippen LogP contribution is -1.82. The summed E-state index contributed by atoms with van der Waals surface area (Å²) in [5.41, 5.74) is 0. The van der Waals surface area contributed by atoms with Gasteiger partial charge < -0.3 is 4.74 Å².